The predicted molar refractivity (Wildman–Crippen MR) is 84.5 cm³/mol. The number of amides is 1. The summed E-state index contributed by atoms with van der Waals surface area (Å²) >= 11 is 3.39. The van der Waals surface area contributed by atoms with Crippen molar-refractivity contribution >= 4 is 27.5 Å². The van der Waals surface area contributed by atoms with Gasteiger partial charge in [-0.25, -0.2) is 0 Å². The zero-order chi connectivity index (χ0) is 14.7. The van der Waals surface area contributed by atoms with Gasteiger partial charge in [-0.3, -0.25) is 4.79 Å². The molecule has 1 aliphatic heterocycles. The molecule has 0 aliphatic carbocycles. The molecule has 0 fully saturated rings. The van der Waals surface area contributed by atoms with Crippen LogP contribution in [0.15, 0.2) is 42.5 Å². The van der Waals surface area contributed by atoms with Gasteiger partial charge in [0.1, 0.15) is 13.2 Å². The van der Waals surface area contributed by atoms with Gasteiger partial charge in [-0.1, -0.05) is 34.1 Å². The molecular weight excluding hydrogens is 334 g/mol. The number of rotatable bonds is 3. The van der Waals surface area contributed by atoms with Crippen molar-refractivity contribution in [3.05, 3.63) is 53.6 Å². The van der Waals surface area contributed by atoms with Crippen LogP contribution >= 0.6 is 15.9 Å². The summed E-state index contributed by atoms with van der Waals surface area (Å²) in [5, 5.41) is 3.66. The van der Waals surface area contributed by atoms with Gasteiger partial charge >= 0.3 is 0 Å². The van der Waals surface area contributed by atoms with Crippen molar-refractivity contribution in [2.45, 2.75) is 5.33 Å². The number of hydrogen-bond donors (Lipinski definition) is 1. The first kappa shape index (κ1) is 13.9. The molecule has 0 spiro atoms. The Hall–Kier alpha value is -2.01. The second-order valence-electron chi connectivity index (χ2n) is 4.61. The Morgan fingerprint density at radius 1 is 1.10 bits per heavy atom. The molecule has 1 heterocycles. The third kappa shape index (κ3) is 3.03. The van der Waals surface area contributed by atoms with E-state index >= 15 is 0 Å². The second-order valence-corrected chi connectivity index (χ2v) is 5.18. The number of benzene rings is 2. The predicted octanol–water partition coefficient (Wildman–Crippen LogP) is 3.61. The summed E-state index contributed by atoms with van der Waals surface area (Å²) in [6.45, 7) is 0.962. The van der Waals surface area contributed by atoms with E-state index in [4.69, 9.17) is 9.47 Å². The Bertz CT molecular complexity index is 655. The summed E-state index contributed by atoms with van der Waals surface area (Å²) in [7, 11) is 0. The maximum absolute atomic E-state index is 12.4. The fraction of sp³-hybridized carbons (Fsp3) is 0.188. The van der Waals surface area contributed by atoms with E-state index in [0.717, 1.165) is 16.6 Å². The van der Waals surface area contributed by atoms with Gasteiger partial charge in [0, 0.05) is 11.0 Å². The first-order chi connectivity index (χ1) is 10.3. The monoisotopic (exact) mass is 347 g/mol. The molecule has 3 rings (SSSR count). The standard InChI is InChI=1S/C16H14BrNO3/c17-10-11-4-6-12(7-5-11)18-16(19)13-2-1-3-14-15(13)21-9-8-20-14/h1-7H,8-10H2,(H,18,19). The number of hydrogen-bond acceptors (Lipinski definition) is 3. The highest BCUT2D eigenvalue weighted by Gasteiger charge is 2.20. The van der Waals surface area contributed by atoms with E-state index < -0.39 is 0 Å². The molecule has 0 unspecified atom stereocenters. The van der Waals surface area contributed by atoms with Crippen LogP contribution in [0.2, 0.25) is 0 Å². The Morgan fingerprint density at radius 2 is 1.86 bits per heavy atom. The number of alkyl halides is 1. The number of carbonyl (C=O) groups is 1. The maximum atomic E-state index is 12.4. The smallest absolute Gasteiger partial charge is 0.259 e. The molecule has 0 saturated carbocycles. The largest absolute Gasteiger partial charge is 0.486 e. The molecule has 2 aromatic rings. The summed E-state index contributed by atoms with van der Waals surface area (Å²) in [5.74, 6) is 0.922. The van der Waals surface area contributed by atoms with Crippen LogP contribution in [0.4, 0.5) is 5.69 Å². The summed E-state index contributed by atoms with van der Waals surface area (Å²) in [4.78, 5) is 12.4. The van der Waals surface area contributed by atoms with Gasteiger partial charge in [0.15, 0.2) is 11.5 Å². The van der Waals surface area contributed by atoms with Gasteiger partial charge in [-0.15, -0.1) is 0 Å². The van der Waals surface area contributed by atoms with E-state index in [-0.39, 0.29) is 5.91 Å². The van der Waals surface area contributed by atoms with Crippen LogP contribution < -0.4 is 14.8 Å². The molecule has 21 heavy (non-hydrogen) atoms. The van der Waals surface area contributed by atoms with Crippen LogP contribution in [0, 0.1) is 0 Å². The number of fused-ring (bicyclic) bond motifs is 1. The summed E-state index contributed by atoms with van der Waals surface area (Å²) < 4.78 is 11.0. The lowest BCUT2D eigenvalue weighted by atomic mass is 10.1. The third-order valence-electron chi connectivity index (χ3n) is 3.18. The lowest BCUT2D eigenvalue weighted by Crippen LogP contribution is -2.20. The number of ether oxygens (including phenoxy) is 2. The molecule has 4 nitrogen and oxygen atoms in total. The van der Waals surface area contributed by atoms with Crippen LogP contribution in [0.3, 0.4) is 0 Å². The molecule has 0 radical (unpaired) electrons. The highest BCUT2D eigenvalue weighted by Crippen LogP contribution is 2.33. The fourth-order valence-electron chi connectivity index (χ4n) is 2.13. The SMILES string of the molecule is O=C(Nc1ccc(CBr)cc1)c1cccc2c1OCCO2. The topological polar surface area (TPSA) is 47.6 Å². The van der Waals surface area contributed by atoms with Gasteiger partial charge in [0.05, 0.1) is 5.56 Å². The number of carbonyl (C=O) groups excluding carboxylic acids is 1. The number of anilines is 1. The van der Waals surface area contributed by atoms with Crippen molar-refractivity contribution in [2.75, 3.05) is 18.5 Å². The van der Waals surface area contributed by atoms with Crippen molar-refractivity contribution in [2.24, 2.45) is 0 Å². The summed E-state index contributed by atoms with van der Waals surface area (Å²) in [6, 6.07) is 13.0. The molecule has 0 saturated heterocycles. The molecule has 0 bridgehead atoms. The van der Waals surface area contributed by atoms with E-state index in [1.807, 2.05) is 24.3 Å². The van der Waals surface area contributed by atoms with Crippen LogP contribution in [0.1, 0.15) is 15.9 Å². The van der Waals surface area contributed by atoms with Crippen molar-refractivity contribution < 1.29 is 14.3 Å². The van der Waals surface area contributed by atoms with E-state index in [2.05, 4.69) is 21.2 Å². The average molecular weight is 348 g/mol. The Labute approximate surface area is 131 Å². The van der Waals surface area contributed by atoms with Crippen LogP contribution in [0.25, 0.3) is 0 Å². The van der Waals surface area contributed by atoms with Gasteiger partial charge in [-0.2, -0.15) is 0 Å². The first-order valence-corrected chi connectivity index (χ1v) is 7.75. The molecule has 108 valence electrons. The lowest BCUT2D eigenvalue weighted by molar-refractivity contribution is 0.101. The zero-order valence-corrected chi connectivity index (χ0v) is 12.9. The van der Waals surface area contributed by atoms with Gasteiger partial charge in [0.2, 0.25) is 0 Å². The van der Waals surface area contributed by atoms with Crippen molar-refractivity contribution in [3.8, 4) is 11.5 Å². The molecule has 1 N–H and O–H groups in total. The molecule has 1 amide bonds. The van der Waals surface area contributed by atoms with Gasteiger partial charge in [0.25, 0.3) is 5.91 Å². The Morgan fingerprint density at radius 3 is 2.62 bits per heavy atom. The van der Waals surface area contributed by atoms with Gasteiger partial charge < -0.3 is 14.8 Å². The van der Waals surface area contributed by atoms with Crippen LogP contribution in [-0.2, 0) is 5.33 Å². The molecule has 1 aliphatic rings. The van der Waals surface area contributed by atoms with Crippen molar-refractivity contribution in [1.29, 1.82) is 0 Å². The fourth-order valence-corrected chi connectivity index (χ4v) is 2.50. The molecular formula is C16H14BrNO3. The quantitative estimate of drug-likeness (QED) is 0.862. The minimum Gasteiger partial charge on any atom is -0.486 e. The van der Waals surface area contributed by atoms with E-state index in [9.17, 15) is 4.79 Å². The molecule has 0 aromatic heterocycles. The normalized spacial score (nSPS) is 12.8. The third-order valence-corrected chi connectivity index (χ3v) is 3.82. The number of halogens is 1. The average Bonchev–Trinajstić information content (AvgIpc) is 2.55. The minimum atomic E-state index is -0.205. The van der Waals surface area contributed by atoms with Crippen molar-refractivity contribution in [3.63, 3.8) is 0 Å². The van der Waals surface area contributed by atoms with Crippen LogP contribution in [-0.4, -0.2) is 19.1 Å². The molecule has 5 heteroatoms. The number of para-hydroxylation sites is 1. The number of nitrogens with one attached hydrogen (secondary N) is 1. The Kier molecular flexibility index (Phi) is 4.10. The van der Waals surface area contributed by atoms with Crippen molar-refractivity contribution in [1.82, 2.24) is 0 Å². The highest BCUT2D eigenvalue weighted by molar-refractivity contribution is 9.08. The van der Waals surface area contributed by atoms with E-state index in [0.29, 0.717) is 30.3 Å². The Balaban J connectivity index is 1.82. The van der Waals surface area contributed by atoms with Gasteiger partial charge in [-0.05, 0) is 29.8 Å². The highest BCUT2D eigenvalue weighted by atomic mass is 79.9. The molecule has 2 aromatic carbocycles. The maximum Gasteiger partial charge on any atom is 0.259 e. The summed E-state index contributed by atoms with van der Waals surface area (Å²) in [6.07, 6.45) is 0. The summed E-state index contributed by atoms with van der Waals surface area (Å²) in [5.41, 5.74) is 2.39. The zero-order valence-electron chi connectivity index (χ0n) is 11.3. The molecule has 0 atom stereocenters. The first-order valence-electron chi connectivity index (χ1n) is 6.63. The lowest BCUT2D eigenvalue weighted by Gasteiger charge is -2.20. The van der Waals surface area contributed by atoms with Crippen LogP contribution in [0.5, 0.6) is 11.5 Å². The van der Waals surface area contributed by atoms with E-state index in [1.165, 1.54) is 0 Å². The minimum absolute atomic E-state index is 0.205. The second kappa shape index (κ2) is 6.18. The van der Waals surface area contributed by atoms with E-state index in [1.54, 1.807) is 18.2 Å².